The second kappa shape index (κ2) is 10.3. The summed E-state index contributed by atoms with van der Waals surface area (Å²) in [5.74, 6) is 0.0324. The van der Waals surface area contributed by atoms with Gasteiger partial charge in [-0.2, -0.15) is 4.31 Å². The lowest BCUT2D eigenvalue weighted by molar-refractivity contribution is -0.127. The summed E-state index contributed by atoms with van der Waals surface area (Å²) in [5.41, 5.74) is 2.60. The maximum atomic E-state index is 13.2. The van der Waals surface area contributed by atoms with Crippen LogP contribution in [-0.2, 0) is 27.7 Å². The second-order valence-electron chi connectivity index (χ2n) is 11.0. The number of rotatable bonds is 6. The number of hydrogen-bond acceptors (Lipinski definition) is 4. The van der Waals surface area contributed by atoms with Gasteiger partial charge in [0.2, 0.25) is 15.9 Å². The summed E-state index contributed by atoms with van der Waals surface area (Å²) in [6.45, 7) is 3.92. The summed E-state index contributed by atoms with van der Waals surface area (Å²) in [6.07, 6.45) is 14.4. The van der Waals surface area contributed by atoms with E-state index >= 15 is 0 Å². The monoisotopic (exact) mass is 487 g/mol. The van der Waals surface area contributed by atoms with Crippen LogP contribution < -0.4 is 5.32 Å². The van der Waals surface area contributed by atoms with Gasteiger partial charge in [-0.1, -0.05) is 31.7 Å². The van der Waals surface area contributed by atoms with Crippen molar-refractivity contribution in [3.8, 4) is 0 Å². The fourth-order valence-electron chi connectivity index (χ4n) is 6.79. The number of benzene rings is 1. The minimum absolute atomic E-state index is 0.0894. The SMILES string of the molecule is O=C(NCC1(N2CCCCC2)CCCCC1)C1CCN(S(=O)(=O)c2ccc3c(c2)CCC3)CC1. The van der Waals surface area contributed by atoms with E-state index in [0.29, 0.717) is 30.8 Å². The minimum atomic E-state index is -3.49. The fourth-order valence-corrected chi connectivity index (χ4v) is 8.32. The van der Waals surface area contributed by atoms with E-state index in [1.165, 1.54) is 62.5 Å². The number of fused-ring (bicyclic) bond motifs is 1. The van der Waals surface area contributed by atoms with Crippen molar-refractivity contribution in [2.24, 2.45) is 5.92 Å². The molecule has 2 saturated heterocycles. The number of hydrogen-bond donors (Lipinski definition) is 1. The summed E-state index contributed by atoms with van der Waals surface area (Å²) in [7, 11) is -3.49. The van der Waals surface area contributed by atoms with Crippen LogP contribution in [0.2, 0.25) is 0 Å². The third kappa shape index (κ3) is 4.93. The molecule has 1 amide bonds. The lowest BCUT2D eigenvalue weighted by Crippen LogP contribution is -2.58. The summed E-state index contributed by atoms with van der Waals surface area (Å²) >= 11 is 0. The average Bonchev–Trinajstić information content (AvgIpc) is 3.37. The predicted octanol–water partition coefficient (Wildman–Crippen LogP) is 3.88. The summed E-state index contributed by atoms with van der Waals surface area (Å²) in [6, 6.07) is 5.63. The molecule has 188 valence electrons. The number of piperidine rings is 2. The van der Waals surface area contributed by atoms with Crippen molar-refractivity contribution in [3.63, 3.8) is 0 Å². The molecule has 1 aromatic rings. The number of carbonyl (C=O) groups is 1. The van der Waals surface area contributed by atoms with E-state index in [2.05, 4.69) is 10.2 Å². The third-order valence-electron chi connectivity index (χ3n) is 8.94. The quantitative estimate of drug-likeness (QED) is 0.661. The highest BCUT2D eigenvalue weighted by Gasteiger charge is 2.39. The number of nitrogens with one attached hydrogen (secondary N) is 1. The Labute approximate surface area is 205 Å². The van der Waals surface area contributed by atoms with Crippen LogP contribution in [0.5, 0.6) is 0 Å². The molecule has 0 aromatic heterocycles. The Hall–Kier alpha value is -1.44. The number of carbonyl (C=O) groups excluding carboxylic acids is 1. The molecule has 0 spiro atoms. The van der Waals surface area contributed by atoms with Gasteiger partial charge in [0.05, 0.1) is 4.90 Å². The van der Waals surface area contributed by atoms with E-state index in [-0.39, 0.29) is 17.4 Å². The van der Waals surface area contributed by atoms with Crippen molar-refractivity contribution >= 4 is 15.9 Å². The minimum Gasteiger partial charge on any atom is -0.354 e. The van der Waals surface area contributed by atoms with Crippen LogP contribution in [0.25, 0.3) is 0 Å². The van der Waals surface area contributed by atoms with E-state index < -0.39 is 10.0 Å². The molecule has 1 N–H and O–H groups in total. The molecule has 2 heterocycles. The molecule has 1 aromatic carbocycles. The molecular weight excluding hydrogens is 446 g/mol. The van der Waals surface area contributed by atoms with Gasteiger partial charge in [0, 0.05) is 31.1 Å². The first kappa shape index (κ1) is 24.3. The summed E-state index contributed by atoms with van der Waals surface area (Å²) in [4.78, 5) is 16.2. The van der Waals surface area contributed by atoms with Crippen LogP contribution >= 0.6 is 0 Å². The first-order valence-electron chi connectivity index (χ1n) is 13.6. The van der Waals surface area contributed by atoms with Gasteiger partial charge >= 0.3 is 0 Å². The topological polar surface area (TPSA) is 69.7 Å². The standard InChI is InChI=1S/C27H41N3O3S/c31-26(28-21-27(14-3-1-4-15-27)29-16-5-2-6-17-29)23-12-18-30(19-13-23)34(32,33)25-11-10-22-8-7-9-24(22)20-25/h10-11,20,23H,1-9,12-19,21H2,(H,28,31). The van der Waals surface area contributed by atoms with Gasteiger partial charge in [0.15, 0.2) is 0 Å². The molecule has 2 aliphatic heterocycles. The smallest absolute Gasteiger partial charge is 0.243 e. The van der Waals surface area contributed by atoms with Crippen molar-refractivity contribution in [1.82, 2.24) is 14.5 Å². The Bertz CT molecular complexity index is 973. The molecule has 2 aliphatic carbocycles. The molecule has 0 bridgehead atoms. The molecule has 0 unspecified atom stereocenters. The first-order valence-corrected chi connectivity index (χ1v) is 15.1. The van der Waals surface area contributed by atoms with Crippen molar-refractivity contribution in [3.05, 3.63) is 29.3 Å². The van der Waals surface area contributed by atoms with Gasteiger partial charge in [-0.05, 0) is 94.1 Å². The maximum Gasteiger partial charge on any atom is 0.243 e. The number of sulfonamides is 1. The van der Waals surface area contributed by atoms with E-state index in [4.69, 9.17) is 0 Å². The van der Waals surface area contributed by atoms with Crippen LogP contribution in [0, 0.1) is 5.92 Å². The summed E-state index contributed by atoms with van der Waals surface area (Å²) < 4.78 is 28.1. The molecular formula is C27H41N3O3S. The normalized spacial score (nSPS) is 24.6. The van der Waals surface area contributed by atoms with E-state index in [1.54, 1.807) is 10.4 Å². The van der Waals surface area contributed by atoms with Crippen molar-refractivity contribution in [2.45, 2.75) is 93.9 Å². The second-order valence-corrected chi connectivity index (χ2v) is 13.0. The first-order chi connectivity index (χ1) is 16.5. The largest absolute Gasteiger partial charge is 0.354 e. The van der Waals surface area contributed by atoms with Crippen LogP contribution in [0.3, 0.4) is 0 Å². The molecule has 3 fully saturated rings. The van der Waals surface area contributed by atoms with Crippen LogP contribution in [-0.4, -0.2) is 61.8 Å². The Morgan fingerprint density at radius 3 is 2.29 bits per heavy atom. The fraction of sp³-hybridized carbons (Fsp3) is 0.741. The van der Waals surface area contributed by atoms with Crippen molar-refractivity contribution < 1.29 is 13.2 Å². The van der Waals surface area contributed by atoms with E-state index in [0.717, 1.165) is 38.9 Å². The molecule has 0 atom stereocenters. The van der Waals surface area contributed by atoms with Crippen molar-refractivity contribution in [1.29, 1.82) is 0 Å². The molecule has 34 heavy (non-hydrogen) atoms. The van der Waals surface area contributed by atoms with Gasteiger partial charge < -0.3 is 5.32 Å². The molecule has 4 aliphatic rings. The lowest BCUT2D eigenvalue weighted by atomic mass is 9.79. The Morgan fingerprint density at radius 2 is 1.56 bits per heavy atom. The number of nitrogens with zero attached hydrogens (tertiary/aromatic N) is 2. The maximum absolute atomic E-state index is 13.2. The van der Waals surface area contributed by atoms with Gasteiger partial charge in [0.1, 0.15) is 0 Å². The highest BCUT2D eigenvalue weighted by molar-refractivity contribution is 7.89. The van der Waals surface area contributed by atoms with Crippen LogP contribution in [0.1, 0.15) is 81.8 Å². The molecule has 7 heteroatoms. The summed E-state index contributed by atoms with van der Waals surface area (Å²) in [5, 5.41) is 3.33. The van der Waals surface area contributed by atoms with Crippen LogP contribution in [0.4, 0.5) is 0 Å². The Balaban J connectivity index is 1.17. The highest BCUT2D eigenvalue weighted by atomic mass is 32.2. The molecule has 5 rings (SSSR count). The average molecular weight is 488 g/mol. The van der Waals surface area contributed by atoms with Gasteiger partial charge in [-0.15, -0.1) is 0 Å². The van der Waals surface area contributed by atoms with Gasteiger partial charge in [0.25, 0.3) is 0 Å². The molecule has 1 saturated carbocycles. The highest BCUT2D eigenvalue weighted by Crippen LogP contribution is 2.35. The zero-order chi connectivity index (χ0) is 23.6. The van der Waals surface area contributed by atoms with Gasteiger partial charge in [-0.25, -0.2) is 8.42 Å². The predicted molar refractivity (Wildman–Crippen MR) is 134 cm³/mol. The number of likely N-dealkylation sites (tertiary alicyclic amines) is 1. The zero-order valence-corrected chi connectivity index (χ0v) is 21.4. The third-order valence-corrected chi connectivity index (χ3v) is 10.8. The zero-order valence-electron chi connectivity index (χ0n) is 20.6. The van der Waals surface area contributed by atoms with E-state index in [1.807, 2.05) is 12.1 Å². The lowest BCUT2D eigenvalue weighted by Gasteiger charge is -2.48. The van der Waals surface area contributed by atoms with Crippen LogP contribution in [0.15, 0.2) is 23.1 Å². The Morgan fingerprint density at radius 1 is 0.882 bits per heavy atom. The number of aryl methyl sites for hydroxylation is 2. The molecule has 0 radical (unpaired) electrons. The van der Waals surface area contributed by atoms with E-state index in [9.17, 15) is 13.2 Å². The Kier molecular flexibility index (Phi) is 7.33. The van der Waals surface area contributed by atoms with Gasteiger partial charge in [-0.3, -0.25) is 9.69 Å². The van der Waals surface area contributed by atoms with Crippen molar-refractivity contribution in [2.75, 3.05) is 32.7 Å². The number of amides is 1. The molecule has 6 nitrogen and oxygen atoms in total.